The molecule has 1 fully saturated rings. The number of piperazine rings is 1. The van der Waals surface area contributed by atoms with E-state index in [1.807, 2.05) is 72.5 Å². The van der Waals surface area contributed by atoms with Gasteiger partial charge < -0.3 is 19.3 Å². The van der Waals surface area contributed by atoms with Crippen molar-refractivity contribution >= 4 is 17.8 Å². The van der Waals surface area contributed by atoms with E-state index < -0.39 is 0 Å². The second-order valence-electron chi connectivity index (χ2n) is 7.62. The summed E-state index contributed by atoms with van der Waals surface area (Å²) < 4.78 is 10.9. The van der Waals surface area contributed by atoms with Crippen LogP contribution in [-0.2, 0) is 4.79 Å². The molecular weight excluding hydrogens is 416 g/mol. The van der Waals surface area contributed by atoms with Crippen molar-refractivity contribution in [3.05, 3.63) is 72.6 Å². The summed E-state index contributed by atoms with van der Waals surface area (Å²) in [4.78, 5) is 25.6. The molecule has 0 saturated carbocycles. The van der Waals surface area contributed by atoms with Gasteiger partial charge >= 0.3 is 0 Å². The van der Waals surface area contributed by atoms with Gasteiger partial charge in [0.25, 0.3) is 0 Å². The van der Waals surface area contributed by atoms with Crippen molar-refractivity contribution in [2.45, 2.75) is 6.92 Å². The van der Waals surface area contributed by atoms with Crippen molar-refractivity contribution < 1.29 is 14.3 Å². The van der Waals surface area contributed by atoms with Gasteiger partial charge in [-0.2, -0.15) is 0 Å². The molecule has 0 spiro atoms. The zero-order valence-corrected chi connectivity index (χ0v) is 19.0. The third-order valence-corrected chi connectivity index (χ3v) is 5.54. The first kappa shape index (κ1) is 22.3. The van der Waals surface area contributed by atoms with Gasteiger partial charge in [0.2, 0.25) is 5.91 Å². The SMILES string of the molecule is CCOc1ccc(/C=C/C(=O)N2CCN(c3cc(-c4ccccc4)ncn3)CC2)cc1OC. The highest BCUT2D eigenvalue weighted by Gasteiger charge is 2.21. The quantitative estimate of drug-likeness (QED) is 0.515. The number of methoxy groups -OCH3 is 1. The molecule has 0 atom stereocenters. The number of benzene rings is 2. The van der Waals surface area contributed by atoms with Crippen LogP contribution in [0, 0.1) is 0 Å². The fraction of sp³-hybridized carbons (Fsp3) is 0.269. The van der Waals surface area contributed by atoms with Gasteiger partial charge in [-0.15, -0.1) is 0 Å². The molecule has 2 aromatic carbocycles. The van der Waals surface area contributed by atoms with E-state index in [1.54, 1.807) is 19.5 Å². The van der Waals surface area contributed by atoms with Crippen LogP contribution in [0.4, 0.5) is 5.82 Å². The molecule has 1 saturated heterocycles. The van der Waals surface area contributed by atoms with Gasteiger partial charge in [-0.05, 0) is 30.7 Å². The van der Waals surface area contributed by atoms with Crippen LogP contribution in [0.25, 0.3) is 17.3 Å². The molecule has 0 bridgehead atoms. The molecule has 33 heavy (non-hydrogen) atoms. The second kappa shape index (κ2) is 10.6. The number of aromatic nitrogens is 2. The van der Waals surface area contributed by atoms with Gasteiger partial charge in [0.15, 0.2) is 11.5 Å². The molecule has 0 radical (unpaired) electrons. The lowest BCUT2D eigenvalue weighted by atomic mass is 10.1. The summed E-state index contributed by atoms with van der Waals surface area (Å²) in [7, 11) is 1.61. The average molecular weight is 445 g/mol. The number of amides is 1. The third-order valence-electron chi connectivity index (χ3n) is 5.54. The van der Waals surface area contributed by atoms with Crippen molar-refractivity contribution in [3.8, 4) is 22.8 Å². The summed E-state index contributed by atoms with van der Waals surface area (Å²) >= 11 is 0. The van der Waals surface area contributed by atoms with Crippen molar-refractivity contribution in [2.75, 3.05) is 44.8 Å². The molecule has 3 aromatic rings. The Morgan fingerprint density at radius 2 is 1.79 bits per heavy atom. The Balaban J connectivity index is 1.36. The van der Waals surface area contributed by atoms with E-state index in [0.717, 1.165) is 35.7 Å². The molecular formula is C26H28N4O3. The normalized spacial score (nSPS) is 13.9. The summed E-state index contributed by atoms with van der Waals surface area (Å²) in [5.41, 5.74) is 2.84. The lowest BCUT2D eigenvalue weighted by molar-refractivity contribution is -0.126. The number of hydrogen-bond donors (Lipinski definition) is 0. The summed E-state index contributed by atoms with van der Waals surface area (Å²) in [6, 6.07) is 17.7. The van der Waals surface area contributed by atoms with E-state index in [-0.39, 0.29) is 5.91 Å². The van der Waals surface area contributed by atoms with Crippen LogP contribution in [-0.4, -0.2) is 60.7 Å². The maximum atomic E-state index is 12.7. The molecule has 7 nitrogen and oxygen atoms in total. The van der Waals surface area contributed by atoms with Crippen molar-refractivity contribution in [1.82, 2.24) is 14.9 Å². The Labute approximate surface area is 194 Å². The molecule has 4 rings (SSSR count). The van der Waals surface area contributed by atoms with Crippen molar-refractivity contribution in [1.29, 1.82) is 0 Å². The van der Waals surface area contributed by atoms with E-state index >= 15 is 0 Å². The molecule has 1 aromatic heterocycles. The highest BCUT2D eigenvalue weighted by molar-refractivity contribution is 5.92. The highest BCUT2D eigenvalue weighted by Crippen LogP contribution is 2.28. The summed E-state index contributed by atoms with van der Waals surface area (Å²) in [6.07, 6.45) is 5.02. The zero-order chi connectivity index (χ0) is 23.0. The smallest absolute Gasteiger partial charge is 0.246 e. The Bertz CT molecular complexity index is 1110. The molecule has 1 aliphatic heterocycles. The first-order chi connectivity index (χ1) is 16.2. The minimum absolute atomic E-state index is 0.00448. The predicted molar refractivity (Wildman–Crippen MR) is 129 cm³/mol. The van der Waals surface area contributed by atoms with Gasteiger partial charge in [-0.3, -0.25) is 4.79 Å². The van der Waals surface area contributed by atoms with Crippen molar-refractivity contribution in [3.63, 3.8) is 0 Å². The molecule has 0 N–H and O–H groups in total. The zero-order valence-electron chi connectivity index (χ0n) is 19.0. The first-order valence-corrected chi connectivity index (χ1v) is 11.1. The van der Waals surface area contributed by atoms with Gasteiger partial charge in [0.1, 0.15) is 12.1 Å². The van der Waals surface area contributed by atoms with Gasteiger partial charge in [0.05, 0.1) is 19.4 Å². The molecule has 2 heterocycles. The topological polar surface area (TPSA) is 67.8 Å². The van der Waals surface area contributed by atoms with E-state index in [4.69, 9.17) is 9.47 Å². The Morgan fingerprint density at radius 3 is 2.52 bits per heavy atom. The molecule has 170 valence electrons. The Kier molecular flexibility index (Phi) is 7.19. The van der Waals surface area contributed by atoms with Crippen LogP contribution in [0.15, 0.2) is 67.0 Å². The number of hydrogen-bond acceptors (Lipinski definition) is 6. The molecule has 7 heteroatoms. The van der Waals surface area contributed by atoms with Crippen LogP contribution in [0.3, 0.4) is 0 Å². The van der Waals surface area contributed by atoms with Gasteiger partial charge in [-0.1, -0.05) is 36.4 Å². The number of carbonyl (C=O) groups excluding carboxylic acids is 1. The fourth-order valence-electron chi connectivity index (χ4n) is 3.78. The number of rotatable bonds is 7. The van der Waals surface area contributed by atoms with Gasteiger partial charge in [0, 0.05) is 43.9 Å². The number of anilines is 1. The Hall–Kier alpha value is -3.87. The minimum Gasteiger partial charge on any atom is -0.493 e. The average Bonchev–Trinajstić information content (AvgIpc) is 2.88. The van der Waals surface area contributed by atoms with E-state index in [0.29, 0.717) is 31.2 Å². The lowest BCUT2D eigenvalue weighted by Crippen LogP contribution is -2.48. The van der Waals surface area contributed by atoms with Crippen LogP contribution >= 0.6 is 0 Å². The standard InChI is InChI=1S/C26H28N4O3/c1-3-33-23-11-9-20(17-24(23)32-2)10-12-26(31)30-15-13-29(14-16-30)25-18-22(27-19-28-25)21-7-5-4-6-8-21/h4-12,17-19H,3,13-16H2,1-2H3/b12-10+. The predicted octanol–water partition coefficient (Wildman–Crippen LogP) is 3.91. The van der Waals surface area contributed by atoms with E-state index in [9.17, 15) is 4.79 Å². The van der Waals surface area contributed by atoms with Crippen LogP contribution in [0.2, 0.25) is 0 Å². The molecule has 0 unspecified atom stereocenters. The highest BCUT2D eigenvalue weighted by atomic mass is 16.5. The maximum absolute atomic E-state index is 12.7. The summed E-state index contributed by atoms with van der Waals surface area (Å²) in [6.45, 7) is 5.22. The molecule has 1 amide bonds. The maximum Gasteiger partial charge on any atom is 0.246 e. The van der Waals surface area contributed by atoms with E-state index in [1.165, 1.54) is 0 Å². The largest absolute Gasteiger partial charge is 0.493 e. The Morgan fingerprint density at radius 1 is 1.00 bits per heavy atom. The monoisotopic (exact) mass is 444 g/mol. The number of carbonyl (C=O) groups is 1. The van der Waals surface area contributed by atoms with Gasteiger partial charge in [-0.25, -0.2) is 9.97 Å². The minimum atomic E-state index is -0.00448. The number of nitrogens with zero attached hydrogens (tertiary/aromatic N) is 4. The van der Waals surface area contributed by atoms with E-state index in [2.05, 4.69) is 14.9 Å². The van der Waals surface area contributed by atoms with Crippen LogP contribution < -0.4 is 14.4 Å². The third kappa shape index (κ3) is 5.49. The van der Waals surface area contributed by atoms with Crippen LogP contribution in [0.1, 0.15) is 12.5 Å². The molecule has 1 aliphatic rings. The molecule has 0 aliphatic carbocycles. The fourth-order valence-corrected chi connectivity index (χ4v) is 3.78. The summed E-state index contributed by atoms with van der Waals surface area (Å²) in [5, 5.41) is 0. The van der Waals surface area contributed by atoms with Crippen LogP contribution in [0.5, 0.6) is 11.5 Å². The van der Waals surface area contributed by atoms with Crippen molar-refractivity contribution in [2.24, 2.45) is 0 Å². The lowest BCUT2D eigenvalue weighted by Gasteiger charge is -2.35. The first-order valence-electron chi connectivity index (χ1n) is 11.1. The summed E-state index contributed by atoms with van der Waals surface area (Å²) in [5.74, 6) is 2.22. The second-order valence-corrected chi connectivity index (χ2v) is 7.62. The number of ether oxygens (including phenoxy) is 2.